The summed E-state index contributed by atoms with van der Waals surface area (Å²) >= 11 is 0. The first-order valence-electron chi connectivity index (χ1n) is 12.4. The summed E-state index contributed by atoms with van der Waals surface area (Å²) in [6, 6.07) is 4.43. The Morgan fingerprint density at radius 1 is 1.14 bits per heavy atom. The van der Waals surface area contributed by atoms with E-state index in [1.807, 2.05) is 0 Å². The Bertz CT molecular complexity index is 1020. The summed E-state index contributed by atoms with van der Waals surface area (Å²) in [4.78, 5) is 29.1. The number of sulfonamides is 1. The predicted molar refractivity (Wildman–Crippen MR) is 131 cm³/mol. The number of nitrogens with one attached hydrogen (secondary N) is 1. The highest BCUT2D eigenvalue weighted by atomic mass is 32.2. The second-order valence-corrected chi connectivity index (χ2v) is 11.8. The molecule has 0 radical (unpaired) electrons. The molecular weight excluding hydrogens is 472 g/mol. The minimum atomic E-state index is -3.75. The number of benzene rings is 1. The first-order valence-corrected chi connectivity index (χ1v) is 13.8. The molecule has 3 aliphatic rings. The van der Waals surface area contributed by atoms with Crippen LogP contribution in [0.2, 0.25) is 0 Å². The monoisotopic (exact) mass is 508 g/mol. The number of hydrogen-bond donors (Lipinski definition) is 1. The number of fused-ring (bicyclic) bond motifs is 1. The minimum absolute atomic E-state index is 0.0619. The maximum Gasteiger partial charge on any atom is 0.265 e. The van der Waals surface area contributed by atoms with Crippen molar-refractivity contribution in [2.75, 3.05) is 70.5 Å². The van der Waals surface area contributed by atoms with Gasteiger partial charge in [0.2, 0.25) is 15.9 Å². The SMILES string of the molecule is C[C@@H]1C[C@H](C)CN(CCCNC(=O)CN2C(=O)COc3ccc(S(=O)(=O)N4CCOCC4)cc32)C1. The second-order valence-electron chi connectivity index (χ2n) is 9.82. The van der Waals surface area contributed by atoms with Crippen molar-refractivity contribution in [3.05, 3.63) is 18.2 Å². The van der Waals surface area contributed by atoms with Crippen molar-refractivity contribution in [3.63, 3.8) is 0 Å². The van der Waals surface area contributed by atoms with E-state index in [0.717, 1.165) is 26.1 Å². The Morgan fingerprint density at radius 3 is 2.57 bits per heavy atom. The zero-order valence-corrected chi connectivity index (χ0v) is 21.4. The van der Waals surface area contributed by atoms with Crippen molar-refractivity contribution in [2.45, 2.75) is 31.6 Å². The molecule has 1 aromatic carbocycles. The number of carbonyl (C=O) groups is 2. The lowest BCUT2D eigenvalue weighted by Crippen LogP contribution is -2.46. The van der Waals surface area contributed by atoms with Crippen LogP contribution in [0, 0.1) is 11.8 Å². The molecule has 3 aliphatic heterocycles. The minimum Gasteiger partial charge on any atom is -0.482 e. The third-order valence-corrected chi connectivity index (χ3v) is 8.60. The number of rotatable bonds is 8. The molecule has 2 fully saturated rings. The van der Waals surface area contributed by atoms with Gasteiger partial charge in [-0.3, -0.25) is 14.5 Å². The van der Waals surface area contributed by atoms with Crippen LogP contribution in [0.4, 0.5) is 5.69 Å². The van der Waals surface area contributed by atoms with Crippen LogP contribution < -0.4 is 15.0 Å². The maximum atomic E-state index is 13.1. The molecular formula is C24H36N4O6S. The summed E-state index contributed by atoms with van der Waals surface area (Å²) in [5, 5.41) is 2.90. The average Bonchev–Trinajstić information content (AvgIpc) is 2.83. The van der Waals surface area contributed by atoms with E-state index in [1.54, 1.807) is 6.07 Å². The summed E-state index contributed by atoms with van der Waals surface area (Å²) in [6.45, 7) is 9.04. The van der Waals surface area contributed by atoms with Crippen molar-refractivity contribution in [3.8, 4) is 5.75 Å². The number of likely N-dealkylation sites (tertiary alicyclic amines) is 1. The number of ether oxygens (including phenoxy) is 2. The fourth-order valence-corrected chi connectivity index (χ4v) is 6.58. The average molecular weight is 509 g/mol. The number of nitrogens with zero attached hydrogens (tertiary/aromatic N) is 3. The Labute approximate surface area is 207 Å². The van der Waals surface area contributed by atoms with Gasteiger partial charge in [-0.1, -0.05) is 13.8 Å². The van der Waals surface area contributed by atoms with Crippen LogP contribution in [0.1, 0.15) is 26.7 Å². The lowest BCUT2D eigenvalue weighted by atomic mass is 9.92. The smallest absolute Gasteiger partial charge is 0.265 e. The zero-order chi connectivity index (χ0) is 25.0. The van der Waals surface area contributed by atoms with Crippen LogP contribution in [-0.2, 0) is 24.3 Å². The molecule has 3 heterocycles. The molecule has 0 aliphatic carbocycles. The molecule has 2 saturated heterocycles. The van der Waals surface area contributed by atoms with E-state index in [4.69, 9.17) is 9.47 Å². The van der Waals surface area contributed by atoms with E-state index in [2.05, 4.69) is 24.1 Å². The molecule has 0 bridgehead atoms. The lowest BCUT2D eigenvalue weighted by Gasteiger charge is -2.35. The molecule has 2 amide bonds. The summed E-state index contributed by atoms with van der Waals surface area (Å²) < 4.78 is 38.2. The predicted octanol–water partition coefficient (Wildman–Crippen LogP) is 0.917. The van der Waals surface area contributed by atoms with Crippen molar-refractivity contribution >= 4 is 27.5 Å². The van der Waals surface area contributed by atoms with Crippen LogP contribution in [0.5, 0.6) is 5.75 Å². The normalized spacial score (nSPS) is 24.1. The molecule has 0 spiro atoms. The van der Waals surface area contributed by atoms with Gasteiger partial charge < -0.3 is 19.7 Å². The van der Waals surface area contributed by atoms with Crippen LogP contribution >= 0.6 is 0 Å². The van der Waals surface area contributed by atoms with Gasteiger partial charge in [0.15, 0.2) is 6.61 Å². The molecule has 4 rings (SSSR count). The third-order valence-electron chi connectivity index (χ3n) is 6.70. The second kappa shape index (κ2) is 11.2. The van der Waals surface area contributed by atoms with E-state index < -0.39 is 10.0 Å². The van der Waals surface area contributed by atoms with Crippen molar-refractivity contribution in [1.82, 2.24) is 14.5 Å². The Morgan fingerprint density at radius 2 is 1.86 bits per heavy atom. The van der Waals surface area contributed by atoms with Gasteiger partial charge in [-0.15, -0.1) is 0 Å². The molecule has 1 aromatic rings. The van der Waals surface area contributed by atoms with Crippen molar-refractivity contribution in [2.24, 2.45) is 11.8 Å². The number of carbonyl (C=O) groups excluding carboxylic acids is 2. The Balaban J connectivity index is 1.36. The lowest BCUT2D eigenvalue weighted by molar-refractivity contribution is -0.125. The molecule has 0 unspecified atom stereocenters. The zero-order valence-electron chi connectivity index (χ0n) is 20.6. The highest BCUT2D eigenvalue weighted by Crippen LogP contribution is 2.35. The van der Waals surface area contributed by atoms with E-state index in [0.29, 0.717) is 43.0 Å². The largest absolute Gasteiger partial charge is 0.482 e. The number of anilines is 1. The van der Waals surface area contributed by atoms with Gasteiger partial charge in [0.1, 0.15) is 12.3 Å². The first-order chi connectivity index (χ1) is 16.7. The van der Waals surface area contributed by atoms with E-state index in [9.17, 15) is 18.0 Å². The van der Waals surface area contributed by atoms with E-state index in [1.165, 1.54) is 27.8 Å². The van der Waals surface area contributed by atoms with Crippen LogP contribution in [0.25, 0.3) is 0 Å². The molecule has 0 saturated carbocycles. The summed E-state index contributed by atoms with van der Waals surface area (Å²) in [7, 11) is -3.75. The van der Waals surface area contributed by atoms with Crippen LogP contribution in [0.15, 0.2) is 23.1 Å². The van der Waals surface area contributed by atoms with Crippen LogP contribution in [0.3, 0.4) is 0 Å². The third kappa shape index (κ3) is 6.32. The first kappa shape index (κ1) is 25.9. The number of piperidine rings is 1. The molecule has 2 atom stereocenters. The van der Waals surface area contributed by atoms with Crippen LogP contribution in [-0.4, -0.2) is 95.1 Å². The standard InChI is InChI=1S/C24H36N4O6S/c1-18-12-19(2)15-26(14-18)7-3-6-25-23(29)16-28-21-13-20(4-5-22(21)34-17-24(28)30)35(31,32)27-8-10-33-11-9-27/h4-5,13,18-19H,3,6-12,14-17H2,1-2H3,(H,25,29)/t18-,19+. The van der Waals surface area contributed by atoms with E-state index in [-0.39, 0.29) is 43.0 Å². The summed E-state index contributed by atoms with van der Waals surface area (Å²) in [5.41, 5.74) is 0.294. The fraction of sp³-hybridized carbons (Fsp3) is 0.667. The quantitative estimate of drug-likeness (QED) is 0.520. The molecule has 10 nitrogen and oxygen atoms in total. The highest BCUT2D eigenvalue weighted by molar-refractivity contribution is 7.89. The van der Waals surface area contributed by atoms with Gasteiger partial charge in [0.25, 0.3) is 5.91 Å². The number of amides is 2. The molecule has 1 N–H and O–H groups in total. The molecule has 0 aromatic heterocycles. The molecule has 11 heteroatoms. The molecule has 35 heavy (non-hydrogen) atoms. The van der Waals surface area contributed by atoms with Gasteiger partial charge in [0.05, 0.1) is 23.8 Å². The molecule has 194 valence electrons. The van der Waals surface area contributed by atoms with Crippen molar-refractivity contribution < 1.29 is 27.5 Å². The summed E-state index contributed by atoms with van der Waals surface area (Å²) in [6.07, 6.45) is 2.10. The number of hydrogen-bond acceptors (Lipinski definition) is 7. The summed E-state index contributed by atoms with van der Waals surface area (Å²) in [5.74, 6) is 1.10. The van der Waals surface area contributed by atoms with Gasteiger partial charge in [-0.05, 0) is 49.4 Å². The van der Waals surface area contributed by atoms with Crippen molar-refractivity contribution in [1.29, 1.82) is 0 Å². The maximum absolute atomic E-state index is 13.1. The van der Waals surface area contributed by atoms with Gasteiger partial charge in [-0.2, -0.15) is 4.31 Å². The van der Waals surface area contributed by atoms with Gasteiger partial charge in [0, 0.05) is 32.7 Å². The van der Waals surface area contributed by atoms with E-state index >= 15 is 0 Å². The Kier molecular flexibility index (Phi) is 8.31. The Hall–Kier alpha value is -2.21. The van der Waals surface area contributed by atoms with Gasteiger partial charge >= 0.3 is 0 Å². The number of morpholine rings is 1. The topological polar surface area (TPSA) is 108 Å². The van der Waals surface area contributed by atoms with Gasteiger partial charge in [-0.25, -0.2) is 8.42 Å². The fourth-order valence-electron chi connectivity index (χ4n) is 5.16. The highest BCUT2D eigenvalue weighted by Gasteiger charge is 2.32.